The van der Waals surface area contributed by atoms with E-state index in [-0.39, 0.29) is 0 Å². The first-order valence-electron chi connectivity index (χ1n) is 7.13. The second-order valence-electron chi connectivity index (χ2n) is 5.04. The van der Waals surface area contributed by atoms with Crippen LogP contribution in [-0.4, -0.2) is 6.79 Å². The van der Waals surface area contributed by atoms with Gasteiger partial charge >= 0.3 is 0 Å². The molecule has 0 saturated carbocycles. The van der Waals surface area contributed by atoms with Crippen molar-refractivity contribution in [1.29, 1.82) is 0 Å². The van der Waals surface area contributed by atoms with E-state index in [1.165, 1.54) is 16.7 Å². The number of halogens is 1. The lowest BCUT2D eigenvalue weighted by atomic mass is 10.1. The van der Waals surface area contributed by atoms with Gasteiger partial charge in [-0.15, -0.1) is 0 Å². The molecule has 0 spiro atoms. The number of nitrogens with one attached hydrogen (secondary N) is 1. The van der Waals surface area contributed by atoms with Crippen molar-refractivity contribution in [1.82, 2.24) is 5.32 Å². The molecule has 4 heteroatoms. The lowest BCUT2D eigenvalue weighted by molar-refractivity contribution is 0.173. The Labute approximate surface area is 133 Å². The summed E-state index contributed by atoms with van der Waals surface area (Å²) >= 11 is 3.52. The van der Waals surface area contributed by atoms with E-state index in [9.17, 15) is 0 Å². The van der Waals surface area contributed by atoms with E-state index in [0.717, 1.165) is 35.5 Å². The molecule has 0 saturated heterocycles. The van der Waals surface area contributed by atoms with E-state index in [0.29, 0.717) is 6.79 Å². The number of hydrogen-bond acceptors (Lipinski definition) is 3. The highest BCUT2D eigenvalue weighted by Gasteiger charge is 2.17. The lowest BCUT2D eigenvalue weighted by Crippen LogP contribution is -2.14. The van der Waals surface area contributed by atoms with Crippen LogP contribution in [0.15, 0.2) is 40.9 Å². The number of aryl methyl sites for hydroxylation is 1. The molecule has 0 aliphatic carbocycles. The Morgan fingerprint density at radius 3 is 2.71 bits per heavy atom. The molecule has 3 rings (SSSR count). The molecule has 110 valence electrons. The van der Waals surface area contributed by atoms with Crippen LogP contribution in [0.3, 0.4) is 0 Å². The van der Waals surface area contributed by atoms with Gasteiger partial charge in [-0.25, -0.2) is 0 Å². The Balaban J connectivity index is 1.65. The maximum absolute atomic E-state index is 5.44. The SMILES string of the molecule is CCc1ccccc1CNCc1cc(Br)c2c(c1)OCO2. The van der Waals surface area contributed by atoms with Gasteiger partial charge in [-0.05, 0) is 51.2 Å². The fraction of sp³-hybridized carbons (Fsp3) is 0.294. The van der Waals surface area contributed by atoms with Crippen LogP contribution in [0.25, 0.3) is 0 Å². The summed E-state index contributed by atoms with van der Waals surface area (Å²) in [5.74, 6) is 1.62. The summed E-state index contributed by atoms with van der Waals surface area (Å²) in [5, 5.41) is 3.49. The smallest absolute Gasteiger partial charge is 0.231 e. The second kappa shape index (κ2) is 6.50. The third-order valence-electron chi connectivity index (χ3n) is 3.63. The van der Waals surface area contributed by atoms with Crippen LogP contribution in [0, 0.1) is 0 Å². The normalized spacial score (nSPS) is 12.7. The van der Waals surface area contributed by atoms with E-state index in [1.807, 2.05) is 6.07 Å². The number of rotatable bonds is 5. The molecule has 0 amide bonds. The predicted molar refractivity (Wildman–Crippen MR) is 86.6 cm³/mol. The quantitative estimate of drug-likeness (QED) is 0.885. The third kappa shape index (κ3) is 3.22. The van der Waals surface area contributed by atoms with Gasteiger partial charge in [0.15, 0.2) is 11.5 Å². The Hall–Kier alpha value is -1.52. The van der Waals surface area contributed by atoms with Crippen molar-refractivity contribution < 1.29 is 9.47 Å². The summed E-state index contributed by atoms with van der Waals surface area (Å²) in [6.45, 7) is 4.16. The van der Waals surface area contributed by atoms with Crippen LogP contribution >= 0.6 is 15.9 Å². The highest BCUT2D eigenvalue weighted by molar-refractivity contribution is 9.10. The highest BCUT2D eigenvalue weighted by Crippen LogP contribution is 2.39. The summed E-state index contributed by atoms with van der Waals surface area (Å²) in [4.78, 5) is 0. The fourth-order valence-electron chi connectivity index (χ4n) is 2.54. The summed E-state index contributed by atoms with van der Waals surface area (Å²) in [7, 11) is 0. The Bertz CT molecular complexity index is 643. The molecular weight excluding hydrogens is 330 g/mol. The first-order valence-corrected chi connectivity index (χ1v) is 7.92. The van der Waals surface area contributed by atoms with Crippen LogP contribution in [0.4, 0.5) is 0 Å². The van der Waals surface area contributed by atoms with E-state index >= 15 is 0 Å². The van der Waals surface area contributed by atoms with Crippen molar-refractivity contribution in [3.63, 3.8) is 0 Å². The van der Waals surface area contributed by atoms with Gasteiger partial charge in [0.25, 0.3) is 0 Å². The summed E-state index contributed by atoms with van der Waals surface area (Å²) < 4.78 is 11.8. The molecule has 0 bridgehead atoms. The molecule has 0 fully saturated rings. The van der Waals surface area contributed by atoms with Crippen molar-refractivity contribution in [2.24, 2.45) is 0 Å². The van der Waals surface area contributed by atoms with Crippen LogP contribution in [0.5, 0.6) is 11.5 Å². The number of hydrogen-bond donors (Lipinski definition) is 1. The van der Waals surface area contributed by atoms with Crippen molar-refractivity contribution in [3.8, 4) is 11.5 Å². The Morgan fingerprint density at radius 1 is 1.10 bits per heavy atom. The molecule has 0 unspecified atom stereocenters. The molecule has 0 atom stereocenters. The Kier molecular flexibility index (Phi) is 4.46. The molecule has 3 nitrogen and oxygen atoms in total. The van der Waals surface area contributed by atoms with Gasteiger partial charge < -0.3 is 14.8 Å². The van der Waals surface area contributed by atoms with Crippen LogP contribution in [0.2, 0.25) is 0 Å². The van der Waals surface area contributed by atoms with Gasteiger partial charge in [-0.3, -0.25) is 0 Å². The van der Waals surface area contributed by atoms with Crippen LogP contribution in [0.1, 0.15) is 23.6 Å². The predicted octanol–water partition coefficient (Wildman–Crippen LogP) is 4.03. The summed E-state index contributed by atoms with van der Waals surface area (Å²) in [6, 6.07) is 12.7. The molecule has 1 aliphatic heterocycles. The van der Waals surface area contributed by atoms with Crippen molar-refractivity contribution in [2.75, 3.05) is 6.79 Å². The van der Waals surface area contributed by atoms with E-state index in [1.54, 1.807) is 0 Å². The molecule has 1 heterocycles. The highest BCUT2D eigenvalue weighted by atomic mass is 79.9. The average molecular weight is 348 g/mol. The lowest BCUT2D eigenvalue weighted by Gasteiger charge is -2.10. The van der Waals surface area contributed by atoms with Crippen molar-refractivity contribution >= 4 is 15.9 Å². The van der Waals surface area contributed by atoms with E-state index in [2.05, 4.69) is 58.5 Å². The maximum atomic E-state index is 5.44. The second-order valence-corrected chi connectivity index (χ2v) is 5.89. The minimum absolute atomic E-state index is 0.300. The zero-order valence-corrected chi connectivity index (χ0v) is 13.6. The Morgan fingerprint density at radius 2 is 1.90 bits per heavy atom. The first-order chi connectivity index (χ1) is 10.3. The van der Waals surface area contributed by atoms with Crippen molar-refractivity contribution in [3.05, 3.63) is 57.6 Å². The minimum Gasteiger partial charge on any atom is -0.454 e. The zero-order valence-electron chi connectivity index (χ0n) is 12.0. The summed E-state index contributed by atoms with van der Waals surface area (Å²) in [6.07, 6.45) is 1.06. The largest absolute Gasteiger partial charge is 0.454 e. The van der Waals surface area contributed by atoms with Gasteiger partial charge in [-0.1, -0.05) is 31.2 Å². The zero-order chi connectivity index (χ0) is 14.7. The van der Waals surface area contributed by atoms with Gasteiger partial charge in [0.1, 0.15) is 0 Å². The van der Waals surface area contributed by atoms with Crippen molar-refractivity contribution in [2.45, 2.75) is 26.4 Å². The molecule has 0 radical (unpaired) electrons. The van der Waals surface area contributed by atoms with Gasteiger partial charge in [0.2, 0.25) is 6.79 Å². The minimum atomic E-state index is 0.300. The molecule has 1 aliphatic rings. The molecule has 1 N–H and O–H groups in total. The number of benzene rings is 2. The van der Waals surface area contributed by atoms with Crippen LogP contribution < -0.4 is 14.8 Å². The maximum Gasteiger partial charge on any atom is 0.231 e. The number of ether oxygens (including phenoxy) is 2. The molecular formula is C17H18BrNO2. The topological polar surface area (TPSA) is 30.5 Å². The van der Waals surface area contributed by atoms with Gasteiger partial charge in [-0.2, -0.15) is 0 Å². The van der Waals surface area contributed by atoms with E-state index < -0.39 is 0 Å². The molecule has 21 heavy (non-hydrogen) atoms. The first kappa shape index (κ1) is 14.4. The fourth-order valence-corrected chi connectivity index (χ4v) is 3.14. The standard InChI is InChI=1S/C17H18BrNO2/c1-2-13-5-3-4-6-14(13)10-19-9-12-7-15(18)17-16(8-12)20-11-21-17/h3-8,19H,2,9-11H2,1H3. The molecule has 2 aromatic carbocycles. The number of fused-ring (bicyclic) bond motifs is 1. The van der Waals surface area contributed by atoms with Crippen LogP contribution in [-0.2, 0) is 19.5 Å². The average Bonchev–Trinajstić information content (AvgIpc) is 2.97. The monoisotopic (exact) mass is 347 g/mol. The molecule has 0 aromatic heterocycles. The third-order valence-corrected chi connectivity index (χ3v) is 4.22. The molecule has 2 aromatic rings. The van der Waals surface area contributed by atoms with Gasteiger partial charge in [0.05, 0.1) is 4.47 Å². The summed E-state index contributed by atoms with van der Waals surface area (Å²) in [5.41, 5.74) is 3.94. The van der Waals surface area contributed by atoms with Gasteiger partial charge in [0, 0.05) is 13.1 Å². The van der Waals surface area contributed by atoms with E-state index in [4.69, 9.17) is 9.47 Å².